The molecule has 0 fully saturated rings. The quantitative estimate of drug-likeness (QED) is 0.525. The second-order valence-electron chi connectivity index (χ2n) is 6.92. The van der Waals surface area contributed by atoms with Gasteiger partial charge in [-0.25, -0.2) is 4.98 Å². The fourth-order valence-electron chi connectivity index (χ4n) is 3.16. The first-order chi connectivity index (χ1) is 13.5. The van der Waals surface area contributed by atoms with E-state index in [1.165, 1.54) is 28.2 Å². The molecule has 9 heteroatoms. The third-order valence-electron chi connectivity index (χ3n) is 4.62. The minimum atomic E-state index is -0.848. The number of rotatable bonds is 6. The van der Waals surface area contributed by atoms with Crippen LogP contribution in [0.25, 0.3) is 10.8 Å². The van der Waals surface area contributed by atoms with E-state index in [2.05, 4.69) is 34.2 Å². The molecule has 0 spiro atoms. The molecule has 0 saturated heterocycles. The smallest absolute Gasteiger partial charge is 0.277 e. The van der Waals surface area contributed by atoms with Crippen LogP contribution in [-0.2, 0) is 17.6 Å². The number of hydrogen-bond donors (Lipinski definition) is 0. The molecule has 3 aromatic heterocycles. The van der Waals surface area contributed by atoms with E-state index >= 15 is 0 Å². The molecule has 28 heavy (non-hydrogen) atoms. The van der Waals surface area contributed by atoms with Crippen molar-refractivity contribution in [2.45, 2.75) is 44.3 Å². The highest BCUT2D eigenvalue weighted by Crippen LogP contribution is 2.37. The monoisotopic (exact) mass is 430 g/mol. The molecule has 0 saturated carbocycles. The van der Waals surface area contributed by atoms with Crippen LogP contribution in [0.3, 0.4) is 0 Å². The molecular formula is C19H18N4O2S3. The van der Waals surface area contributed by atoms with Gasteiger partial charge in [0.05, 0.1) is 16.7 Å². The molecule has 0 unspecified atom stereocenters. The Balaban J connectivity index is 1.41. The lowest BCUT2D eigenvalue weighted by molar-refractivity contribution is -0.116. The summed E-state index contributed by atoms with van der Waals surface area (Å²) >= 11 is 4.21. The normalized spacial score (nSPS) is 17.1. The Hall–Kier alpha value is -2.02. The second kappa shape index (κ2) is 8.15. The first-order valence-electron chi connectivity index (χ1n) is 8.96. The highest BCUT2D eigenvalue weighted by Gasteiger charge is 2.25. The number of thiazole rings is 1. The maximum absolute atomic E-state index is 12.4. The number of ketones is 1. The van der Waals surface area contributed by atoms with Crippen molar-refractivity contribution < 1.29 is 9.21 Å². The number of nitriles is 1. The van der Waals surface area contributed by atoms with Gasteiger partial charge in [-0.2, -0.15) is 5.26 Å². The lowest BCUT2D eigenvalue weighted by Crippen LogP contribution is -2.13. The van der Waals surface area contributed by atoms with Crippen LogP contribution in [0.15, 0.2) is 21.1 Å². The van der Waals surface area contributed by atoms with E-state index in [0.29, 0.717) is 22.0 Å². The summed E-state index contributed by atoms with van der Waals surface area (Å²) in [4.78, 5) is 19.1. The minimum absolute atomic E-state index is 0.0942. The molecule has 0 aromatic carbocycles. The number of aromatic nitrogens is 3. The third kappa shape index (κ3) is 4.04. The largest absolute Gasteiger partial charge is 0.410 e. The van der Waals surface area contributed by atoms with Crippen LogP contribution in [0, 0.1) is 24.2 Å². The zero-order valence-corrected chi connectivity index (χ0v) is 17.9. The van der Waals surface area contributed by atoms with Crippen molar-refractivity contribution in [2.24, 2.45) is 5.92 Å². The van der Waals surface area contributed by atoms with Crippen LogP contribution in [-0.4, -0.2) is 26.7 Å². The Morgan fingerprint density at radius 1 is 1.50 bits per heavy atom. The van der Waals surface area contributed by atoms with Crippen molar-refractivity contribution >= 4 is 40.2 Å². The van der Waals surface area contributed by atoms with Crippen LogP contribution >= 0.6 is 34.4 Å². The van der Waals surface area contributed by atoms with Gasteiger partial charge in [0.1, 0.15) is 5.01 Å². The summed E-state index contributed by atoms with van der Waals surface area (Å²) in [5.41, 5.74) is 2.20. The Kier molecular flexibility index (Phi) is 5.62. The zero-order valence-electron chi connectivity index (χ0n) is 15.5. The molecule has 0 aliphatic heterocycles. The molecule has 6 nitrogen and oxygen atoms in total. The summed E-state index contributed by atoms with van der Waals surface area (Å²) in [6.45, 7) is 4.12. The Bertz CT molecular complexity index is 1050. The fourth-order valence-corrected chi connectivity index (χ4v) is 5.82. The van der Waals surface area contributed by atoms with Crippen molar-refractivity contribution in [3.8, 4) is 16.8 Å². The van der Waals surface area contributed by atoms with E-state index in [0.717, 1.165) is 35.2 Å². The Morgan fingerprint density at radius 3 is 3.11 bits per heavy atom. The van der Waals surface area contributed by atoms with Crippen LogP contribution < -0.4 is 0 Å². The van der Waals surface area contributed by atoms with E-state index in [9.17, 15) is 10.1 Å². The summed E-state index contributed by atoms with van der Waals surface area (Å²) in [5, 5.41) is 20.3. The molecule has 0 N–H and O–H groups in total. The Morgan fingerprint density at radius 2 is 2.36 bits per heavy atom. The lowest BCUT2D eigenvalue weighted by Gasteiger charge is -2.16. The predicted octanol–water partition coefficient (Wildman–Crippen LogP) is 4.66. The lowest BCUT2D eigenvalue weighted by atomic mass is 9.90. The molecule has 2 atom stereocenters. The zero-order chi connectivity index (χ0) is 19.7. The van der Waals surface area contributed by atoms with E-state index in [-0.39, 0.29) is 11.5 Å². The molecule has 1 aliphatic carbocycles. The molecule has 3 heterocycles. The van der Waals surface area contributed by atoms with Gasteiger partial charge in [-0.1, -0.05) is 18.7 Å². The molecule has 1 aliphatic rings. The maximum Gasteiger partial charge on any atom is 0.277 e. The van der Waals surface area contributed by atoms with Crippen molar-refractivity contribution in [3.63, 3.8) is 0 Å². The number of Topliss-reactive ketones (excluding diaryl/α,β-unsaturated/α-hetero) is 1. The summed E-state index contributed by atoms with van der Waals surface area (Å²) < 4.78 is 5.75. The third-order valence-corrected chi connectivity index (χ3v) is 7.71. The van der Waals surface area contributed by atoms with Crippen LogP contribution in [0.1, 0.15) is 40.4 Å². The van der Waals surface area contributed by atoms with E-state index in [1.54, 1.807) is 11.3 Å². The molecule has 3 aromatic rings. The molecule has 0 bridgehead atoms. The second-order valence-corrected chi connectivity index (χ2v) is 9.88. The number of carbonyl (C=O) groups excluding carboxylic acids is 1. The van der Waals surface area contributed by atoms with Crippen molar-refractivity contribution in [2.75, 3.05) is 5.75 Å². The van der Waals surface area contributed by atoms with E-state index in [1.807, 2.05) is 12.3 Å². The van der Waals surface area contributed by atoms with Crippen molar-refractivity contribution in [3.05, 3.63) is 32.6 Å². The first-order valence-corrected chi connectivity index (χ1v) is 11.6. The molecule has 0 radical (unpaired) electrons. The summed E-state index contributed by atoms with van der Waals surface area (Å²) in [5.74, 6) is 0.248. The number of hydrogen-bond acceptors (Lipinski definition) is 9. The summed E-state index contributed by atoms with van der Waals surface area (Å²) in [6.07, 6.45) is 3.43. The summed E-state index contributed by atoms with van der Waals surface area (Å²) in [6, 6.07) is 4.20. The molecular weight excluding hydrogens is 412 g/mol. The molecule has 0 amide bonds. The van der Waals surface area contributed by atoms with Crippen LogP contribution in [0.4, 0.5) is 0 Å². The van der Waals surface area contributed by atoms with Gasteiger partial charge in [-0.3, -0.25) is 4.79 Å². The van der Waals surface area contributed by atoms with Crippen LogP contribution in [0.5, 0.6) is 0 Å². The number of nitrogens with zero attached hydrogens (tertiary/aromatic N) is 4. The fraction of sp³-hybridized carbons (Fsp3) is 0.421. The summed E-state index contributed by atoms with van der Waals surface area (Å²) in [7, 11) is 0. The van der Waals surface area contributed by atoms with E-state index in [4.69, 9.17) is 4.42 Å². The van der Waals surface area contributed by atoms with Gasteiger partial charge in [0.15, 0.2) is 11.7 Å². The van der Waals surface area contributed by atoms with Crippen LogP contribution in [0.2, 0.25) is 0 Å². The standard InChI is InChI=1S/C19H18N4O2S3/c1-10-3-4-15-12(5-10)6-16(28-15)17-22-23-19(25-17)27-9-14(24)13(7-20)18-21-11(2)8-26-18/h6,8,10,13H,3-5,9H2,1-2H3/t10-,13-/m1/s1. The minimum Gasteiger partial charge on any atom is -0.410 e. The highest BCUT2D eigenvalue weighted by atomic mass is 32.2. The molecule has 144 valence electrons. The first kappa shape index (κ1) is 19.3. The van der Waals surface area contributed by atoms with Gasteiger partial charge in [0.2, 0.25) is 0 Å². The predicted molar refractivity (Wildman–Crippen MR) is 110 cm³/mol. The maximum atomic E-state index is 12.4. The number of carbonyl (C=O) groups is 1. The van der Waals surface area contributed by atoms with Gasteiger partial charge in [-0.15, -0.1) is 32.9 Å². The molecule has 4 rings (SSSR count). The van der Waals surface area contributed by atoms with Gasteiger partial charge in [0.25, 0.3) is 11.1 Å². The van der Waals surface area contributed by atoms with Gasteiger partial charge < -0.3 is 4.42 Å². The SMILES string of the molecule is Cc1csc([C@H](C#N)C(=O)CSc2nnc(-c3cc4c(s3)CC[C@@H](C)C4)o2)n1. The van der Waals surface area contributed by atoms with Gasteiger partial charge >= 0.3 is 0 Å². The number of thiophene rings is 1. The Labute approximate surface area is 175 Å². The van der Waals surface area contributed by atoms with Crippen molar-refractivity contribution in [1.29, 1.82) is 5.26 Å². The number of fused-ring (bicyclic) bond motifs is 1. The average molecular weight is 431 g/mol. The highest BCUT2D eigenvalue weighted by molar-refractivity contribution is 7.99. The van der Waals surface area contributed by atoms with Crippen molar-refractivity contribution in [1.82, 2.24) is 15.2 Å². The van der Waals surface area contributed by atoms with Gasteiger partial charge in [0, 0.05) is 16.0 Å². The average Bonchev–Trinajstić information content (AvgIpc) is 3.39. The van der Waals surface area contributed by atoms with E-state index < -0.39 is 5.92 Å². The van der Waals surface area contributed by atoms with Gasteiger partial charge in [-0.05, 0) is 43.7 Å². The number of thioether (sulfide) groups is 1. The topological polar surface area (TPSA) is 92.7 Å². The number of aryl methyl sites for hydroxylation is 2.